The lowest BCUT2D eigenvalue weighted by Gasteiger charge is -1.98. The lowest BCUT2D eigenvalue weighted by molar-refractivity contribution is -0.133. The summed E-state index contributed by atoms with van der Waals surface area (Å²) in [5.41, 5.74) is 0. The van der Waals surface area contributed by atoms with Gasteiger partial charge in [0.15, 0.2) is 0 Å². The Morgan fingerprint density at radius 1 is 1.75 bits per heavy atom. The topological polar surface area (TPSA) is 17.1 Å². The Labute approximate surface area is 48.9 Å². The molecule has 0 fully saturated rings. The van der Waals surface area contributed by atoms with Crippen LogP contribution in [-0.2, 0) is 4.79 Å². The molecule has 8 heavy (non-hydrogen) atoms. The van der Waals surface area contributed by atoms with Gasteiger partial charge in [0.25, 0.3) is 0 Å². The molecule has 0 N–H and O–H groups in total. The second kappa shape index (κ2) is 3.58. The van der Waals surface area contributed by atoms with Crippen molar-refractivity contribution in [2.24, 2.45) is 5.92 Å². The smallest absolute Gasteiger partial charge is 0.261 e. The van der Waals surface area contributed by atoms with Gasteiger partial charge in [0.2, 0.25) is 0 Å². The molecule has 0 aromatic carbocycles. The van der Waals surface area contributed by atoms with E-state index >= 15 is 0 Å². The first-order valence-corrected chi connectivity index (χ1v) is 2.87. The van der Waals surface area contributed by atoms with Crippen LogP contribution in [0.15, 0.2) is 0 Å². The molecule has 1 atom stereocenters. The van der Waals surface area contributed by atoms with Crippen LogP contribution in [0.4, 0.5) is 4.39 Å². The van der Waals surface area contributed by atoms with Crippen molar-refractivity contribution in [3.8, 4) is 0 Å². The normalized spacial score (nSPS) is 13.4. The molecule has 0 amide bonds. The van der Waals surface area contributed by atoms with Crippen molar-refractivity contribution < 1.29 is 9.18 Å². The zero-order chi connectivity index (χ0) is 6.57. The maximum Gasteiger partial charge on any atom is 0.304 e. The molecule has 2 heteroatoms. The van der Waals surface area contributed by atoms with Crippen LogP contribution in [0.1, 0.15) is 26.7 Å². The first-order valence-electron chi connectivity index (χ1n) is 2.87. The van der Waals surface area contributed by atoms with Gasteiger partial charge >= 0.3 is 6.04 Å². The van der Waals surface area contributed by atoms with Crippen LogP contribution in [0.2, 0.25) is 0 Å². The van der Waals surface area contributed by atoms with E-state index in [9.17, 15) is 9.18 Å². The molecule has 0 radical (unpaired) electrons. The Kier molecular flexibility index (Phi) is 3.40. The number of rotatable bonds is 3. The molecule has 0 aliphatic rings. The number of carbonyl (C=O) groups is 1. The summed E-state index contributed by atoms with van der Waals surface area (Å²) in [6.45, 7) is 3.53. The molecule has 0 saturated carbocycles. The SMILES string of the molecule is CCCC(C)C(=O)F. The van der Waals surface area contributed by atoms with Crippen LogP contribution in [0.3, 0.4) is 0 Å². The highest BCUT2D eigenvalue weighted by atomic mass is 19.1. The van der Waals surface area contributed by atoms with E-state index in [0.717, 1.165) is 6.42 Å². The molecule has 0 bridgehead atoms. The van der Waals surface area contributed by atoms with Gasteiger partial charge < -0.3 is 0 Å². The van der Waals surface area contributed by atoms with Crippen molar-refractivity contribution >= 4 is 6.04 Å². The molecule has 0 aromatic heterocycles. The second-order valence-corrected chi connectivity index (χ2v) is 1.99. The third-order valence-electron chi connectivity index (χ3n) is 1.11. The predicted molar refractivity (Wildman–Crippen MR) is 30.2 cm³/mol. The zero-order valence-electron chi connectivity index (χ0n) is 5.28. The van der Waals surface area contributed by atoms with E-state index in [4.69, 9.17) is 0 Å². The zero-order valence-corrected chi connectivity index (χ0v) is 5.28. The molecular weight excluding hydrogens is 107 g/mol. The van der Waals surface area contributed by atoms with E-state index in [2.05, 4.69) is 0 Å². The maximum atomic E-state index is 11.6. The van der Waals surface area contributed by atoms with Crippen LogP contribution in [0.5, 0.6) is 0 Å². The van der Waals surface area contributed by atoms with Gasteiger partial charge in [0, 0.05) is 5.92 Å². The van der Waals surface area contributed by atoms with Crippen molar-refractivity contribution in [1.29, 1.82) is 0 Å². The number of hydrogen-bond acceptors (Lipinski definition) is 1. The van der Waals surface area contributed by atoms with Gasteiger partial charge in [0.1, 0.15) is 0 Å². The summed E-state index contributed by atoms with van der Waals surface area (Å²) < 4.78 is 11.6. The van der Waals surface area contributed by atoms with Crippen LogP contribution in [-0.4, -0.2) is 6.04 Å². The Morgan fingerprint density at radius 2 is 2.25 bits per heavy atom. The molecule has 1 unspecified atom stereocenters. The monoisotopic (exact) mass is 118 g/mol. The molecule has 0 aliphatic heterocycles. The summed E-state index contributed by atoms with van der Waals surface area (Å²) in [6.07, 6.45) is 1.53. The second-order valence-electron chi connectivity index (χ2n) is 1.99. The standard InChI is InChI=1S/C6H11FO/c1-3-4-5(2)6(7)8/h5H,3-4H2,1-2H3. The largest absolute Gasteiger partial charge is 0.304 e. The quantitative estimate of drug-likeness (QED) is 0.517. The lowest BCUT2D eigenvalue weighted by atomic mass is 10.1. The van der Waals surface area contributed by atoms with Gasteiger partial charge in [-0.2, -0.15) is 4.39 Å². The third kappa shape index (κ3) is 2.72. The fourth-order valence-corrected chi connectivity index (χ4v) is 0.546. The highest BCUT2D eigenvalue weighted by Crippen LogP contribution is 2.05. The Morgan fingerprint density at radius 3 is 2.38 bits per heavy atom. The number of hydrogen-bond donors (Lipinski definition) is 0. The van der Waals surface area contributed by atoms with Gasteiger partial charge in [-0.3, -0.25) is 4.79 Å². The fourth-order valence-electron chi connectivity index (χ4n) is 0.546. The van der Waals surface area contributed by atoms with Gasteiger partial charge in [0.05, 0.1) is 0 Å². The predicted octanol–water partition coefficient (Wildman–Crippen LogP) is 1.92. The van der Waals surface area contributed by atoms with E-state index in [-0.39, 0.29) is 5.92 Å². The van der Waals surface area contributed by atoms with Crippen LogP contribution >= 0.6 is 0 Å². The van der Waals surface area contributed by atoms with Crippen LogP contribution in [0.25, 0.3) is 0 Å². The maximum absolute atomic E-state index is 11.6. The van der Waals surface area contributed by atoms with E-state index in [0.29, 0.717) is 6.42 Å². The van der Waals surface area contributed by atoms with Gasteiger partial charge in [-0.1, -0.05) is 20.3 Å². The van der Waals surface area contributed by atoms with Crippen molar-refractivity contribution in [2.45, 2.75) is 26.7 Å². The highest BCUT2D eigenvalue weighted by Gasteiger charge is 2.08. The van der Waals surface area contributed by atoms with E-state index < -0.39 is 6.04 Å². The van der Waals surface area contributed by atoms with Crippen molar-refractivity contribution in [3.63, 3.8) is 0 Å². The third-order valence-corrected chi connectivity index (χ3v) is 1.11. The minimum Gasteiger partial charge on any atom is -0.261 e. The molecule has 0 heterocycles. The minimum atomic E-state index is -1.19. The average Bonchev–Trinajstić information content (AvgIpc) is 1.67. The first-order chi connectivity index (χ1) is 3.68. The van der Waals surface area contributed by atoms with Crippen LogP contribution < -0.4 is 0 Å². The molecule has 0 spiro atoms. The first kappa shape index (κ1) is 7.60. The Hall–Kier alpha value is -0.400. The van der Waals surface area contributed by atoms with Gasteiger partial charge in [-0.05, 0) is 6.42 Å². The van der Waals surface area contributed by atoms with E-state index in [1.165, 1.54) is 0 Å². The summed E-state index contributed by atoms with van der Waals surface area (Å²) in [4.78, 5) is 9.87. The van der Waals surface area contributed by atoms with Gasteiger partial charge in [-0.15, -0.1) is 0 Å². The molecule has 48 valence electrons. The minimum absolute atomic E-state index is 0.389. The van der Waals surface area contributed by atoms with E-state index in [1.807, 2.05) is 6.92 Å². The molecule has 1 nitrogen and oxygen atoms in total. The molecule has 0 rings (SSSR count). The summed E-state index contributed by atoms with van der Waals surface area (Å²) >= 11 is 0. The van der Waals surface area contributed by atoms with Crippen LogP contribution in [0, 0.1) is 5.92 Å². The fraction of sp³-hybridized carbons (Fsp3) is 0.833. The Balaban J connectivity index is 3.32. The Bertz CT molecular complexity index is 80.6. The van der Waals surface area contributed by atoms with E-state index in [1.54, 1.807) is 6.92 Å². The summed E-state index contributed by atoms with van der Waals surface area (Å²) in [5, 5.41) is 0. The van der Waals surface area contributed by atoms with Crippen molar-refractivity contribution in [1.82, 2.24) is 0 Å². The molecular formula is C6H11FO. The molecule has 0 saturated heterocycles. The molecule has 0 aromatic rings. The summed E-state index contributed by atoms with van der Waals surface area (Å²) in [7, 11) is 0. The van der Waals surface area contributed by atoms with Gasteiger partial charge in [-0.25, -0.2) is 0 Å². The summed E-state index contributed by atoms with van der Waals surface area (Å²) in [6, 6.07) is -1.19. The molecule has 0 aliphatic carbocycles. The lowest BCUT2D eigenvalue weighted by Crippen LogP contribution is -2.02. The number of carbonyl (C=O) groups excluding carboxylic acids is 1. The van der Waals surface area contributed by atoms with Crippen molar-refractivity contribution in [2.75, 3.05) is 0 Å². The summed E-state index contributed by atoms with van der Waals surface area (Å²) in [5.74, 6) is -0.389. The number of halogens is 1. The van der Waals surface area contributed by atoms with Crippen molar-refractivity contribution in [3.05, 3.63) is 0 Å². The average molecular weight is 118 g/mol. The highest BCUT2D eigenvalue weighted by molar-refractivity contribution is 5.70.